The molecule has 2 nitrogen and oxygen atoms in total. The Morgan fingerprint density at radius 2 is 1.93 bits per heavy atom. The molecule has 2 unspecified atom stereocenters. The van der Waals surface area contributed by atoms with Gasteiger partial charge in [0.15, 0.2) is 5.78 Å². The Kier molecular flexibility index (Phi) is 3.05. The van der Waals surface area contributed by atoms with E-state index in [-0.39, 0.29) is 16.2 Å². The van der Waals surface area contributed by atoms with E-state index in [9.17, 15) is 4.79 Å². The van der Waals surface area contributed by atoms with E-state index in [0.29, 0.717) is 11.2 Å². The second kappa shape index (κ2) is 5.01. The van der Waals surface area contributed by atoms with Crippen LogP contribution in [-0.2, 0) is 9.53 Å². The molecule has 0 N–H and O–H groups in total. The van der Waals surface area contributed by atoms with Crippen molar-refractivity contribution in [1.29, 1.82) is 0 Å². The van der Waals surface area contributed by atoms with Gasteiger partial charge in [-0.25, -0.2) is 0 Å². The number of ether oxygens (including phenoxy) is 1. The number of hydrogen-bond acceptors (Lipinski definition) is 2. The highest BCUT2D eigenvalue weighted by Gasteiger charge is 2.65. The van der Waals surface area contributed by atoms with Gasteiger partial charge in [-0.05, 0) is 92.2 Å². The van der Waals surface area contributed by atoms with E-state index in [4.69, 9.17) is 4.74 Å². The fourth-order valence-corrected chi connectivity index (χ4v) is 7.45. The van der Waals surface area contributed by atoms with E-state index in [1.54, 1.807) is 16.7 Å². The van der Waals surface area contributed by atoms with Gasteiger partial charge < -0.3 is 4.74 Å². The first-order chi connectivity index (χ1) is 13.4. The Hall–Kier alpha value is -1.83. The molecule has 2 heteroatoms. The number of hydrogen-bond donors (Lipinski definition) is 0. The minimum absolute atomic E-state index is 0.000283. The van der Waals surface area contributed by atoms with Crippen molar-refractivity contribution in [2.45, 2.75) is 65.7 Å². The van der Waals surface area contributed by atoms with E-state index in [0.717, 1.165) is 44.5 Å². The molecule has 28 heavy (non-hydrogen) atoms. The van der Waals surface area contributed by atoms with Crippen LogP contribution in [0.15, 0.2) is 58.4 Å². The Morgan fingerprint density at radius 1 is 1.11 bits per heavy atom. The highest BCUT2D eigenvalue weighted by atomic mass is 16.5. The molecule has 6 aliphatic carbocycles. The molecule has 0 aliphatic heterocycles. The third-order valence-electron chi connectivity index (χ3n) is 9.14. The maximum absolute atomic E-state index is 13.2. The van der Waals surface area contributed by atoms with Gasteiger partial charge in [0.25, 0.3) is 0 Å². The van der Waals surface area contributed by atoms with Crippen LogP contribution in [0.1, 0.15) is 65.7 Å². The SMILES string of the molecule is CCOC1=CCC2(C)C(=C1)C1(CC1)CC1=C2CCC23C(=O)C=C[C@]2(C)CC=C13. The molecule has 6 aliphatic rings. The maximum atomic E-state index is 13.2. The average molecular weight is 375 g/mol. The van der Waals surface area contributed by atoms with E-state index in [1.807, 2.05) is 6.08 Å². The minimum atomic E-state index is -0.263. The maximum Gasteiger partial charge on any atom is 0.166 e. The van der Waals surface area contributed by atoms with Crippen molar-refractivity contribution >= 4 is 5.78 Å². The third-order valence-corrected chi connectivity index (χ3v) is 9.14. The fraction of sp³-hybridized carbons (Fsp3) is 0.577. The molecule has 0 bridgehead atoms. The van der Waals surface area contributed by atoms with Crippen molar-refractivity contribution in [1.82, 2.24) is 0 Å². The third kappa shape index (κ3) is 1.75. The summed E-state index contributed by atoms with van der Waals surface area (Å²) in [5, 5.41) is 0. The van der Waals surface area contributed by atoms with Crippen molar-refractivity contribution in [2.24, 2.45) is 21.7 Å². The second-order valence-electron chi connectivity index (χ2n) is 10.4. The summed E-state index contributed by atoms with van der Waals surface area (Å²) in [4.78, 5) is 13.2. The standard InChI is InChI=1S/C26H30O2/c1-4-28-17-5-11-24(3)19-7-12-26-20(6-9-23(26,2)10-8-22(26)27)18(19)16-25(13-14-25)21(24)15-17/h5-6,8,10,15H,4,7,9,11-14,16H2,1-3H3/t23-,24?,26?/m0/s1. The summed E-state index contributed by atoms with van der Waals surface area (Å²) in [7, 11) is 0. The molecule has 0 radical (unpaired) electrons. The molecule has 6 rings (SSSR count). The zero-order chi connectivity index (χ0) is 19.4. The molecule has 3 atom stereocenters. The zero-order valence-electron chi connectivity index (χ0n) is 17.4. The number of carbonyl (C=O) groups is 1. The lowest BCUT2D eigenvalue weighted by Gasteiger charge is -2.52. The van der Waals surface area contributed by atoms with Gasteiger partial charge in [0, 0.05) is 10.8 Å². The summed E-state index contributed by atoms with van der Waals surface area (Å²) in [5.74, 6) is 1.43. The molecule has 1 saturated carbocycles. The Balaban J connectivity index is 1.51. The van der Waals surface area contributed by atoms with Crippen molar-refractivity contribution in [3.05, 3.63) is 58.4 Å². The first kappa shape index (κ1) is 17.1. The number of rotatable bonds is 2. The van der Waals surface area contributed by atoms with Crippen molar-refractivity contribution in [2.75, 3.05) is 6.61 Å². The quantitative estimate of drug-likeness (QED) is 0.594. The number of ketones is 1. The Morgan fingerprint density at radius 3 is 2.68 bits per heavy atom. The molecular formula is C26H30O2. The van der Waals surface area contributed by atoms with Crippen LogP contribution in [0.4, 0.5) is 0 Å². The monoisotopic (exact) mass is 374 g/mol. The Bertz CT molecular complexity index is 966. The molecule has 0 saturated heterocycles. The lowest BCUT2D eigenvalue weighted by molar-refractivity contribution is -0.124. The van der Waals surface area contributed by atoms with Crippen LogP contribution in [-0.4, -0.2) is 12.4 Å². The molecule has 0 aromatic heterocycles. The predicted molar refractivity (Wildman–Crippen MR) is 110 cm³/mol. The molecular weight excluding hydrogens is 344 g/mol. The van der Waals surface area contributed by atoms with E-state index >= 15 is 0 Å². The van der Waals surface area contributed by atoms with Gasteiger partial charge in [0.2, 0.25) is 0 Å². The van der Waals surface area contributed by atoms with Crippen molar-refractivity contribution < 1.29 is 9.53 Å². The Labute approximate surface area is 168 Å². The van der Waals surface area contributed by atoms with Crippen LogP contribution >= 0.6 is 0 Å². The number of allylic oxidation sites excluding steroid dienone is 9. The molecule has 0 aromatic rings. The van der Waals surface area contributed by atoms with Crippen LogP contribution in [0.3, 0.4) is 0 Å². The van der Waals surface area contributed by atoms with Crippen molar-refractivity contribution in [3.63, 3.8) is 0 Å². The van der Waals surface area contributed by atoms with Gasteiger partial charge in [-0.2, -0.15) is 0 Å². The largest absolute Gasteiger partial charge is 0.494 e. The lowest BCUT2D eigenvalue weighted by Crippen LogP contribution is -2.45. The zero-order valence-corrected chi connectivity index (χ0v) is 17.4. The van der Waals surface area contributed by atoms with E-state index in [1.165, 1.54) is 18.4 Å². The van der Waals surface area contributed by atoms with Gasteiger partial charge >= 0.3 is 0 Å². The molecule has 0 heterocycles. The fourth-order valence-electron chi connectivity index (χ4n) is 7.45. The first-order valence-corrected chi connectivity index (χ1v) is 11.1. The summed E-state index contributed by atoms with van der Waals surface area (Å²) >= 11 is 0. The number of fused-ring (bicyclic) bond motifs is 4. The number of carbonyl (C=O) groups excluding carboxylic acids is 1. The molecule has 2 spiro atoms. The molecule has 146 valence electrons. The first-order valence-electron chi connectivity index (χ1n) is 11.1. The topological polar surface area (TPSA) is 26.3 Å². The highest BCUT2D eigenvalue weighted by Crippen LogP contribution is 2.74. The molecule has 0 aromatic carbocycles. The second-order valence-corrected chi connectivity index (χ2v) is 10.4. The predicted octanol–water partition coefficient (Wildman–Crippen LogP) is 5.98. The van der Waals surface area contributed by atoms with Crippen LogP contribution in [0.25, 0.3) is 0 Å². The lowest BCUT2D eigenvalue weighted by atomic mass is 9.50. The van der Waals surface area contributed by atoms with E-state index < -0.39 is 0 Å². The van der Waals surface area contributed by atoms with Crippen LogP contribution in [0.5, 0.6) is 0 Å². The van der Waals surface area contributed by atoms with Crippen LogP contribution < -0.4 is 0 Å². The summed E-state index contributed by atoms with van der Waals surface area (Å²) < 4.78 is 5.89. The average Bonchev–Trinajstić information content (AvgIpc) is 3.31. The van der Waals surface area contributed by atoms with Crippen molar-refractivity contribution in [3.8, 4) is 0 Å². The van der Waals surface area contributed by atoms with Gasteiger partial charge in [-0.15, -0.1) is 0 Å². The summed E-state index contributed by atoms with van der Waals surface area (Å²) in [5.41, 5.74) is 6.40. The van der Waals surface area contributed by atoms with Gasteiger partial charge in [-0.1, -0.05) is 31.6 Å². The van der Waals surface area contributed by atoms with Gasteiger partial charge in [0.1, 0.15) is 5.76 Å². The summed E-state index contributed by atoms with van der Waals surface area (Å²) in [6, 6.07) is 0. The molecule has 0 amide bonds. The minimum Gasteiger partial charge on any atom is -0.494 e. The van der Waals surface area contributed by atoms with Gasteiger partial charge in [0.05, 0.1) is 12.0 Å². The van der Waals surface area contributed by atoms with Crippen LogP contribution in [0, 0.1) is 21.7 Å². The summed E-state index contributed by atoms with van der Waals surface area (Å²) in [6.45, 7) is 7.58. The smallest absolute Gasteiger partial charge is 0.166 e. The van der Waals surface area contributed by atoms with E-state index in [2.05, 4.69) is 45.1 Å². The molecule has 1 fully saturated rings. The summed E-state index contributed by atoms with van der Waals surface area (Å²) in [6.07, 6.45) is 19.0. The van der Waals surface area contributed by atoms with Gasteiger partial charge in [-0.3, -0.25) is 4.79 Å². The highest BCUT2D eigenvalue weighted by molar-refractivity contribution is 6.03. The van der Waals surface area contributed by atoms with Crippen LogP contribution in [0.2, 0.25) is 0 Å². The normalized spacial score (nSPS) is 41.7.